The summed E-state index contributed by atoms with van der Waals surface area (Å²) in [6, 6.07) is 11.8. The first-order valence-electron chi connectivity index (χ1n) is 7.78. The fourth-order valence-corrected chi connectivity index (χ4v) is 2.82. The van der Waals surface area contributed by atoms with Crippen molar-refractivity contribution in [3.8, 4) is 5.88 Å². The van der Waals surface area contributed by atoms with E-state index in [0.29, 0.717) is 12.3 Å². The van der Waals surface area contributed by atoms with E-state index in [0.717, 1.165) is 27.9 Å². The van der Waals surface area contributed by atoms with Gasteiger partial charge in [0.15, 0.2) is 0 Å². The molecule has 0 radical (unpaired) electrons. The molecule has 1 unspecified atom stereocenters. The molecule has 0 saturated carbocycles. The number of fused-ring (bicyclic) bond motifs is 1. The van der Waals surface area contributed by atoms with Crippen LogP contribution in [0.2, 0.25) is 0 Å². The number of benzene rings is 1. The van der Waals surface area contributed by atoms with Gasteiger partial charge in [0.25, 0.3) is 0 Å². The van der Waals surface area contributed by atoms with Gasteiger partial charge in [0.05, 0.1) is 18.0 Å². The summed E-state index contributed by atoms with van der Waals surface area (Å²) in [4.78, 5) is 16.6. The van der Waals surface area contributed by atoms with Gasteiger partial charge in [0, 0.05) is 30.8 Å². The Kier molecular flexibility index (Phi) is 4.46. The Labute approximate surface area is 140 Å². The van der Waals surface area contributed by atoms with Crippen LogP contribution in [0.1, 0.15) is 29.3 Å². The van der Waals surface area contributed by atoms with Gasteiger partial charge in [-0.1, -0.05) is 12.1 Å². The number of amides is 1. The van der Waals surface area contributed by atoms with Crippen LogP contribution >= 0.6 is 0 Å². The first-order chi connectivity index (χ1) is 11.6. The van der Waals surface area contributed by atoms with Crippen molar-refractivity contribution in [2.24, 2.45) is 0 Å². The SMILES string of the molecule is CNC(=O)CC(c1ccc2c(OC)n[nH]c2c1)c1cccc(C)n1. The van der Waals surface area contributed by atoms with Crippen LogP contribution < -0.4 is 10.1 Å². The fourth-order valence-electron chi connectivity index (χ4n) is 2.82. The van der Waals surface area contributed by atoms with Gasteiger partial charge in [-0.3, -0.25) is 14.9 Å². The minimum absolute atomic E-state index is 0.0226. The zero-order chi connectivity index (χ0) is 17.1. The van der Waals surface area contributed by atoms with Crippen molar-refractivity contribution in [1.29, 1.82) is 0 Å². The Balaban J connectivity index is 2.05. The lowest BCUT2D eigenvalue weighted by Crippen LogP contribution is -2.21. The highest BCUT2D eigenvalue weighted by Gasteiger charge is 2.20. The molecule has 0 aliphatic carbocycles. The van der Waals surface area contributed by atoms with E-state index in [2.05, 4.69) is 20.5 Å². The molecule has 2 N–H and O–H groups in total. The highest BCUT2D eigenvalue weighted by molar-refractivity contribution is 5.85. The third-order valence-electron chi connectivity index (χ3n) is 4.08. The molecule has 3 rings (SSSR count). The second-order valence-electron chi connectivity index (χ2n) is 5.67. The zero-order valence-corrected chi connectivity index (χ0v) is 14.0. The average molecular weight is 324 g/mol. The molecule has 2 heterocycles. The first-order valence-corrected chi connectivity index (χ1v) is 7.78. The summed E-state index contributed by atoms with van der Waals surface area (Å²) in [6.45, 7) is 1.95. The number of H-pyrrole nitrogens is 1. The average Bonchev–Trinajstić information content (AvgIpc) is 3.01. The summed E-state index contributed by atoms with van der Waals surface area (Å²) in [7, 11) is 3.24. The number of pyridine rings is 1. The number of rotatable bonds is 5. The maximum atomic E-state index is 12.0. The quantitative estimate of drug-likeness (QED) is 0.756. The summed E-state index contributed by atoms with van der Waals surface area (Å²) in [5.41, 5.74) is 3.69. The van der Waals surface area contributed by atoms with Crippen molar-refractivity contribution in [3.05, 3.63) is 53.3 Å². The van der Waals surface area contributed by atoms with E-state index in [9.17, 15) is 4.79 Å². The molecule has 1 atom stereocenters. The molecule has 0 aliphatic heterocycles. The largest absolute Gasteiger partial charge is 0.480 e. The molecule has 1 aromatic carbocycles. The molecule has 24 heavy (non-hydrogen) atoms. The van der Waals surface area contributed by atoms with Crippen LogP contribution in [0.5, 0.6) is 5.88 Å². The number of carbonyl (C=O) groups excluding carboxylic acids is 1. The van der Waals surface area contributed by atoms with Crippen LogP contribution in [0.4, 0.5) is 0 Å². The molecule has 1 amide bonds. The van der Waals surface area contributed by atoms with Crippen molar-refractivity contribution < 1.29 is 9.53 Å². The molecule has 6 nitrogen and oxygen atoms in total. The van der Waals surface area contributed by atoms with Gasteiger partial charge in [-0.2, -0.15) is 0 Å². The standard InChI is InChI=1S/C18H20N4O2/c1-11-5-4-6-15(20-11)14(10-17(23)19-2)12-7-8-13-16(9-12)21-22-18(13)24-3/h4-9,14H,10H2,1-3H3,(H,19,23)(H,21,22). The number of aryl methyl sites for hydroxylation is 1. The van der Waals surface area contributed by atoms with Crippen molar-refractivity contribution >= 4 is 16.8 Å². The maximum absolute atomic E-state index is 12.0. The van der Waals surface area contributed by atoms with Gasteiger partial charge < -0.3 is 10.1 Å². The van der Waals surface area contributed by atoms with Crippen LogP contribution in [0.15, 0.2) is 36.4 Å². The molecule has 0 fully saturated rings. The van der Waals surface area contributed by atoms with Crippen molar-refractivity contribution in [3.63, 3.8) is 0 Å². The van der Waals surface area contributed by atoms with Gasteiger partial charge in [-0.15, -0.1) is 5.10 Å². The Bertz CT molecular complexity index is 872. The minimum atomic E-state index is -0.122. The van der Waals surface area contributed by atoms with Gasteiger partial charge >= 0.3 is 0 Å². The third kappa shape index (κ3) is 3.08. The van der Waals surface area contributed by atoms with E-state index < -0.39 is 0 Å². The predicted octanol–water partition coefficient (Wildman–Crippen LogP) is 2.54. The van der Waals surface area contributed by atoms with Crippen molar-refractivity contribution in [2.45, 2.75) is 19.3 Å². The van der Waals surface area contributed by atoms with Gasteiger partial charge in [-0.05, 0) is 36.8 Å². The number of hydrogen-bond donors (Lipinski definition) is 2. The molecule has 3 aromatic rings. The predicted molar refractivity (Wildman–Crippen MR) is 92.1 cm³/mol. The van der Waals surface area contributed by atoms with Crippen LogP contribution in [-0.4, -0.2) is 35.2 Å². The van der Waals surface area contributed by atoms with Crippen LogP contribution in [0, 0.1) is 6.92 Å². The van der Waals surface area contributed by atoms with E-state index in [1.807, 2.05) is 43.3 Å². The second-order valence-corrected chi connectivity index (χ2v) is 5.67. The molecule has 0 spiro atoms. The summed E-state index contributed by atoms with van der Waals surface area (Å²) in [6.07, 6.45) is 0.337. The summed E-state index contributed by atoms with van der Waals surface area (Å²) in [5.74, 6) is 0.419. The Hall–Kier alpha value is -2.89. The molecule has 124 valence electrons. The normalized spacial score (nSPS) is 12.1. The smallest absolute Gasteiger partial charge is 0.240 e. The number of hydrogen-bond acceptors (Lipinski definition) is 4. The zero-order valence-electron chi connectivity index (χ0n) is 14.0. The lowest BCUT2D eigenvalue weighted by atomic mass is 9.91. The van der Waals surface area contributed by atoms with Gasteiger partial charge in [0.2, 0.25) is 11.8 Å². The van der Waals surface area contributed by atoms with Gasteiger partial charge in [0.1, 0.15) is 0 Å². The summed E-state index contributed by atoms with van der Waals surface area (Å²) >= 11 is 0. The number of nitrogens with one attached hydrogen (secondary N) is 2. The number of methoxy groups -OCH3 is 1. The maximum Gasteiger partial charge on any atom is 0.240 e. The highest BCUT2D eigenvalue weighted by atomic mass is 16.5. The van der Waals surface area contributed by atoms with E-state index in [4.69, 9.17) is 4.74 Å². The summed E-state index contributed by atoms with van der Waals surface area (Å²) < 4.78 is 5.23. The summed E-state index contributed by atoms with van der Waals surface area (Å²) in [5, 5.41) is 10.7. The Morgan fingerprint density at radius 3 is 2.88 bits per heavy atom. The molecule has 2 aromatic heterocycles. The molecule has 0 bridgehead atoms. The van der Waals surface area contributed by atoms with Crippen molar-refractivity contribution in [2.75, 3.05) is 14.2 Å². The van der Waals surface area contributed by atoms with Crippen LogP contribution in [-0.2, 0) is 4.79 Å². The topological polar surface area (TPSA) is 79.9 Å². The minimum Gasteiger partial charge on any atom is -0.480 e. The van der Waals surface area contributed by atoms with Crippen LogP contribution in [0.3, 0.4) is 0 Å². The molecule has 0 saturated heterocycles. The number of carbonyl (C=O) groups is 1. The van der Waals surface area contributed by atoms with Gasteiger partial charge in [-0.25, -0.2) is 0 Å². The van der Waals surface area contributed by atoms with E-state index in [-0.39, 0.29) is 11.8 Å². The van der Waals surface area contributed by atoms with E-state index >= 15 is 0 Å². The van der Waals surface area contributed by atoms with E-state index in [1.165, 1.54) is 0 Å². The number of aromatic nitrogens is 3. The van der Waals surface area contributed by atoms with Crippen molar-refractivity contribution in [1.82, 2.24) is 20.5 Å². The molecular formula is C18H20N4O2. The monoisotopic (exact) mass is 324 g/mol. The number of aromatic amines is 1. The number of ether oxygens (including phenoxy) is 1. The highest BCUT2D eigenvalue weighted by Crippen LogP contribution is 2.31. The fraction of sp³-hybridized carbons (Fsp3) is 0.278. The van der Waals surface area contributed by atoms with E-state index in [1.54, 1.807) is 14.2 Å². The molecule has 6 heteroatoms. The third-order valence-corrected chi connectivity index (χ3v) is 4.08. The molecule has 0 aliphatic rings. The second kappa shape index (κ2) is 6.70. The molecular weight excluding hydrogens is 304 g/mol. The lowest BCUT2D eigenvalue weighted by molar-refractivity contribution is -0.120. The lowest BCUT2D eigenvalue weighted by Gasteiger charge is -2.17. The Morgan fingerprint density at radius 1 is 1.33 bits per heavy atom. The first kappa shape index (κ1) is 16.0. The number of nitrogens with zero attached hydrogens (tertiary/aromatic N) is 2. The Morgan fingerprint density at radius 2 is 2.17 bits per heavy atom. The van der Waals surface area contributed by atoms with Crippen LogP contribution in [0.25, 0.3) is 10.9 Å².